The van der Waals surface area contributed by atoms with Gasteiger partial charge in [-0.15, -0.1) is 5.10 Å². The van der Waals surface area contributed by atoms with E-state index >= 15 is 0 Å². The highest BCUT2D eigenvalue weighted by atomic mass is 16.2. The molecule has 0 saturated carbocycles. The molecule has 1 fully saturated rings. The molecule has 2 aromatic rings. The quantitative estimate of drug-likeness (QED) is 0.861. The number of aromatic nitrogens is 4. The van der Waals surface area contributed by atoms with Crippen LogP contribution in [0.4, 0.5) is 0 Å². The molecule has 0 unspecified atom stereocenters. The minimum absolute atomic E-state index is 0.0168. The highest BCUT2D eigenvalue weighted by Gasteiger charge is 2.31. The second-order valence-electron chi connectivity index (χ2n) is 6.25. The molecule has 132 valence electrons. The number of amides is 2. The van der Waals surface area contributed by atoms with Crippen molar-refractivity contribution in [2.24, 2.45) is 5.92 Å². The summed E-state index contributed by atoms with van der Waals surface area (Å²) in [5.41, 5.74) is 0.854. The first-order chi connectivity index (χ1) is 12.2. The number of carbonyl (C=O) groups is 2. The Morgan fingerprint density at radius 3 is 2.56 bits per heavy atom. The Bertz CT molecular complexity index is 695. The van der Waals surface area contributed by atoms with Crippen molar-refractivity contribution in [1.29, 1.82) is 0 Å². The van der Waals surface area contributed by atoms with Crippen LogP contribution in [0.3, 0.4) is 0 Å². The summed E-state index contributed by atoms with van der Waals surface area (Å²) in [7, 11) is 1.65. The lowest BCUT2D eigenvalue weighted by Gasteiger charge is -2.34. The molecule has 0 bridgehead atoms. The summed E-state index contributed by atoms with van der Waals surface area (Å²) in [5, 5.41) is 13.9. The zero-order valence-electron chi connectivity index (χ0n) is 14.2. The lowest BCUT2D eigenvalue weighted by Crippen LogP contribution is -2.43. The van der Waals surface area contributed by atoms with E-state index in [4.69, 9.17) is 0 Å². The van der Waals surface area contributed by atoms with Gasteiger partial charge in [0.2, 0.25) is 5.91 Å². The molecule has 1 aromatic heterocycles. The van der Waals surface area contributed by atoms with Gasteiger partial charge in [0.05, 0.1) is 0 Å². The van der Waals surface area contributed by atoms with Crippen molar-refractivity contribution >= 4 is 11.8 Å². The van der Waals surface area contributed by atoms with Crippen LogP contribution in [0.15, 0.2) is 36.7 Å². The Balaban J connectivity index is 1.71. The van der Waals surface area contributed by atoms with Crippen LogP contribution in [0.5, 0.6) is 0 Å². The van der Waals surface area contributed by atoms with Gasteiger partial charge in [-0.25, -0.2) is 4.68 Å². The molecule has 1 aliphatic rings. The van der Waals surface area contributed by atoms with E-state index in [1.54, 1.807) is 7.05 Å². The molecule has 0 aliphatic carbocycles. The number of hydrogen-bond acceptors (Lipinski definition) is 5. The van der Waals surface area contributed by atoms with E-state index < -0.39 is 6.04 Å². The van der Waals surface area contributed by atoms with Crippen molar-refractivity contribution in [1.82, 2.24) is 30.4 Å². The van der Waals surface area contributed by atoms with Crippen molar-refractivity contribution in [2.45, 2.75) is 25.3 Å². The molecule has 2 amide bonds. The molecule has 1 aliphatic heterocycles. The summed E-state index contributed by atoms with van der Waals surface area (Å²) in [6, 6.07) is 8.96. The molecule has 1 saturated heterocycles. The third-order valence-electron chi connectivity index (χ3n) is 4.66. The second-order valence-corrected chi connectivity index (χ2v) is 6.25. The monoisotopic (exact) mass is 342 g/mol. The van der Waals surface area contributed by atoms with Gasteiger partial charge in [0.15, 0.2) is 6.04 Å². The topological polar surface area (TPSA) is 93.0 Å². The highest BCUT2D eigenvalue weighted by Crippen LogP contribution is 2.25. The average Bonchev–Trinajstić information content (AvgIpc) is 3.17. The second kappa shape index (κ2) is 7.87. The molecule has 8 nitrogen and oxygen atoms in total. The van der Waals surface area contributed by atoms with Gasteiger partial charge in [-0.3, -0.25) is 9.59 Å². The molecule has 1 atom stereocenters. The van der Waals surface area contributed by atoms with E-state index in [-0.39, 0.29) is 11.8 Å². The zero-order valence-corrected chi connectivity index (χ0v) is 14.2. The minimum Gasteiger partial charge on any atom is -0.359 e. The SMILES string of the molecule is CNC(=O)CC1CCN(C(=O)[C@@H](c2ccccc2)n2cnnn2)CC1. The molecular weight excluding hydrogens is 320 g/mol. The Morgan fingerprint density at radius 2 is 1.96 bits per heavy atom. The largest absolute Gasteiger partial charge is 0.359 e. The van der Waals surface area contributed by atoms with Gasteiger partial charge in [-0.1, -0.05) is 30.3 Å². The van der Waals surface area contributed by atoms with Gasteiger partial charge >= 0.3 is 0 Å². The predicted octanol–water partition coefficient (Wildman–Crippen LogP) is 0.637. The van der Waals surface area contributed by atoms with E-state index in [1.807, 2.05) is 35.2 Å². The third-order valence-corrected chi connectivity index (χ3v) is 4.66. The Morgan fingerprint density at radius 1 is 1.24 bits per heavy atom. The maximum atomic E-state index is 13.1. The van der Waals surface area contributed by atoms with Crippen LogP contribution in [-0.2, 0) is 9.59 Å². The summed E-state index contributed by atoms with van der Waals surface area (Å²) in [4.78, 5) is 26.5. The van der Waals surface area contributed by atoms with E-state index in [0.29, 0.717) is 25.4 Å². The summed E-state index contributed by atoms with van der Waals surface area (Å²) in [6.07, 6.45) is 3.65. The maximum absolute atomic E-state index is 13.1. The first-order valence-corrected chi connectivity index (χ1v) is 8.46. The van der Waals surface area contributed by atoms with Crippen LogP contribution in [0.25, 0.3) is 0 Å². The molecule has 0 radical (unpaired) electrons. The van der Waals surface area contributed by atoms with Crippen molar-refractivity contribution in [3.8, 4) is 0 Å². The van der Waals surface area contributed by atoms with E-state index in [0.717, 1.165) is 18.4 Å². The van der Waals surface area contributed by atoms with Gasteiger partial charge in [0.1, 0.15) is 6.33 Å². The molecule has 8 heteroatoms. The molecule has 0 spiro atoms. The standard InChI is InChI=1S/C17H22N6O2/c1-18-15(24)11-13-7-9-22(10-8-13)17(25)16(23-12-19-20-21-23)14-5-3-2-4-6-14/h2-6,12-13,16H,7-11H2,1H3,(H,18,24)/t16-/m1/s1. The summed E-state index contributed by atoms with van der Waals surface area (Å²) in [5.74, 6) is 0.365. The van der Waals surface area contributed by atoms with Crippen LogP contribution >= 0.6 is 0 Å². The van der Waals surface area contributed by atoms with Gasteiger partial charge in [0.25, 0.3) is 5.91 Å². The number of benzene rings is 1. The number of tetrazole rings is 1. The number of rotatable bonds is 5. The molecule has 2 heterocycles. The van der Waals surface area contributed by atoms with Crippen LogP contribution in [0.1, 0.15) is 30.9 Å². The minimum atomic E-state index is -0.563. The molecule has 25 heavy (non-hydrogen) atoms. The van der Waals surface area contributed by atoms with E-state index in [9.17, 15) is 9.59 Å². The fraction of sp³-hybridized carbons (Fsp3) is 0.471. The molecule has 3 rings (SSSR count). The average molecular weight is 342 g/mol. The number of piperidine rings is 1. The van der Waals surface area contributed by atoms with Crippen molar-refractivity contribution in [3.63, 3.8) is 0 Å². The third kappa shape index (κ3) is 4.01. The summed E-state index contributed by atoms with van der Waals surface area (Å²) < 4.78 is 1.49. The van der Waals surface area contributed by atoms with Gasteiger partial charge in [-0.2, -0.15) is 0 Å². The van der Waals surface area contributed by atoms with Crippen LogP contribution in [0.2, 0.25) is 0 Å². The molecule has 1 N–H and O–H groups in total. The molecule has 1 aromatic carbocycles. The van der Waals surface area contributed by atoms with E-state index in [2.05, 4.69) is 20.8 Å². The lowest BCUT2D eigenvalue weighted by atomic mass is 9.92. The predicted molar refractivity (Wildman–Crippen MR) is 90.4 cm³/mol. The lowest BCUT2D eigenvalue weighted by molar-refractivity contribution is -0.135. The number of nitrogens with one attached hydrogen (secondary N) is 1. The first kappa shape index (κ1) is 17.1. The smallest absolute Gasteiger partial charge is 0.252 e. The van der Waals surface area contributed by atoms with Gasteiger partial charge in [0, 0.05) is 26.6 Å². The number of carbonyl (C=O) groups excluding carboxylic acids is 2. The number of hydrogen-bond donors (Lipinski definition) is 1. The Labute approximate surface area is 146 Å². The summed E-state index contributed by atoms with van der Waals surface area (Å²) in [6.45, 7) is 1.29. The van der Waals surface area contributed by atoms with Crippen LogP contribution < -0.4 is 5.32 Å². The fourth-order valence-corrected chi connectivity index (χ4v) is 3.23. The van der Waals surface area contributed by atoms with E-state index in [1.165, 1.54) is 11.0 Å². The fourth-order valence-electron chi connectivity index (χ4n) is 3.23. The summed E-state index contributed by atoms with van der Waals surface area (Å²) >= 11 is 0. The van der Waals surface area contributed by atoms with Gasteiger partial charge in [-0.05, 0) is 34.7 Å². The highest BCUT2D eigenvalue weighted by molar-refractivity contribution is 5.83. The number of nitrogens with zero attached hydrogens (tertiary/aromatic N) is 5. The van der Waals surface area contributed by atoms with Crippen molar-refractivity contribution in [2.75, 3.05) is 20.1 Å². The van der Waals surface area contributed by atoms with Crippen molar-refractivity contribution in [3.05, 3.63) is 42.2 Å². The van der Waals surface area contributed by atoms with Crippen LogP contribution in [0, 0.1) is 5.92 Å². The Kier molecular flexibility index (Phi) is 5.37. The molecular formula is C17H22N6O2. The zero-order chi connectivity index (χ0) is 17.6. The first-order valence-electron chi connectivity index (χ1n) is 8.46. The maximum Gasteiger partial charge on any atom is 0.252 e. The van der Waals surface area contributed by atoms with Gasteiger partial charge < -0.3 is 10.2 Å². The Hall–Kier alpha value is -2.77. The van der Waals surface area contributed by atoms with Crippen LogP contribution in [-0.4, -0.2) is 57.1 Å². The van der Waals surface area contributed by atoms with Crippen molar-refractivity contribution < 1.29 is 9.59 Å². The normalized spacial score (nSPS) is 16.4. The number of likely N-dealkylation sites (tertiary alicyclic amines) is 1.